The molecule has 1 aliphatic heterocycles. The van der Waals surface area contributed by atoms with Crippen LogP contribution < -0.4 is 19.5 Å². The Balaban J connectivity index is 1.46. The van der Waals surface area contributed by atoms with Gasteiger partial charge in [0.15, 0.2) is 11.5 Å². The first kappa shape index (κ1) is 23.5. The van der Waals surface area contributed by atoms with Gasteiger partial charge in [-0.05, 0) is 54.1 Å². The number of rotatable bonds is 5. The number of halogens is 5. The second kappa shape index (κ2) is 9.08. The fourth-order valence-electron chi connectivity index (χ4n) is 3.53. The molecule has 1 aromatic heterocycles. The van der Waals surface area contributed by atoms with Gasteiger partial charge < -0.3 is 19.5 Å². The average molecular weight is 520 g/mol. The Kier molecular flexibility index (Phi) is 5.92. The van der Waals surface area contributed by atoms with E-state index >= 15 is 0 Å². The van der Waals surface area contributed by atoms with E-state index in [1.165, 1.54) is 48.7 Å². The molecule has 5 rings (SSSR count). The summed E-state index contributed by atoms with van der Waals surface area (Å²) in [6.07, 6.45) is -2.32. The Morgan fingerprint density at radius 1 is 0.972 bits per heavy atom. The summed E-state index contributed by atoms with van der Waals surface area (Å²) < 4.78 is 65.7. The molecule has 0 spiro atoms. The number of nitrogens with one attached hydrogen (secondary N) is 1. The second-order valence-electron chi connectivity index (χ2n) is 7.50. The third-order valence-corrected chi connectivity index (χ3v) is 5.33. The minimum Gasteiger partial charge on any atom is -0.435 e. The van der Waals surface area contributed by atoms with Gasteiger partial charge >= 0.3 is 18.9 Å². The van der Waals surface area contributed by atoms with Gasteiger partial charge in [0.1, 0.15) is 11.4 Å². The molecule has 1 N–H and O–H groups in total. The van der Waals surface area contributed by atoms with Crippen molar-refractivity contribution in [2.24, 2.45) is 0 Å². The summed E-state index contributed by atoms with van der Waals surface area (Å²) in [5, 5.41) is 7.43. The van der Waals surface area contributed by atoms with E-state index in [2.05, 4.69) is 24.6 Å². The van der Waals surface area contributed by atoms with E-state index in [0.29, 0.717) is 27.4 Å². The van der Waals surface area contributed by atoms with Gasteiger partial charge in [-0.25, -0.2) is 4.79 Å². The van der Waals surface area contributed by atoms with E-state index in [1.54, 1.807) is 24.3 Å². The number of ether oxygens (including phenoxy) is 3. The lowest BCUT2D eigenvalue weighted by Gasteiger charge is -2.06. The fraction of sp³-hybridized carbons (Fsp3) is 0.0833. The van der Waals surface area contributed by atoms with Crippen LogP contribution in [0.5, 0.6) is 17.2 Å². The van der Waals surface area contributed by atoms with Crippen molar-refractivity contribution in [2.75, 3.05) is 5.32 Å². The predicted octanol–water partition coefficient (Wildman–Crippen LogP) is 6.87. The number of carbonyl (C=O) groups is 1. The van der Waals surface area contributed by atoms with Crippen LogP contribution in [0.3, 0.4) is 0 Å². The molecule has 2 heterocycles. The number of benzene rings is 3. The number of alkyl halides is 4. The van der Waals surface area contributed by atoms with Gasteiger partial charge in [0.2, 0.25) is 0 Å². The van der Waals surface area contributed by atoms with Gasteiger partial charge in [0.25, 0.3) is 0 Å². The Morgan fingerprint density at radius 3 is 2.33 bits per heavy atom. The summed E-state index contributed by atoms with van der Waals surface area (Å²) in [7, 11) is 0. The van der Waals surface area contributed by atoms with Gasteiger partial charge in [-0.3, -0.25) is 0 Å². The molecule has 4 aromatic rings. The molecule has 0 atom stereocenters. The summed E-state index contributed by atoms with van der Waals surface area (Å²) >= 11 is 5.99. The van der Waals surface area contributed by atoms with Gasteiger partial charge in [0.05, 0.1) is 0 Å². The monoisotopic (exact) mass is 519 g/mol. The van der Waals surface area contributed by atoms with Crippen LogP contribution >= 0.6 is 11.6 Å². The number of nitrogens with zero attached hydrogens (tertiary/aromatic N) is 2. The lowest BCUT2D eigenvalue weighted by atomic mass is 10.0. The van der Waals surface area contributed by atoms with Crippen LogP contribution in [0, 0.1) is 0 Å². The van der Waals surface area contributed by atoms with Crippen LogP contribution in [0.15, 0.2) is 72.9 Å². The molecule has 0 bridgehead atoms. The molecule has 3 aromatic carbocycles. The van der Waals surface area contributed by atoms with Crippen LogP contribution in [0.1, 0.15) is 0 Å². The maximum absolute atomic E-state index is 13.3. The number of anilines is 1. The summed E-state index contributed by atoms with van der Waals surface area (Å²) in [4.78, 5) is 12.9. The quantitative estimate of drug-likeness (QED) is 0.291. The highest BCUT2D eigenvalue weighted by Gasteiger charge is 2.43. The van der Waals surface area contributed by atoms with Gasteiger partial charge in [-0.15, -0.1) is 8.78 Å². The van der Waals surface area contributed by atoms with Crippen LogP contribution in [-0.2, 0) is 0 Å². The highest BCUT2D eigenvalue weighted by molar-refractivity contribution is 6.30. The van der Waals surface area contributed by atoms with Crippen LogP contribution in [0.4, 0.5) is 28.0 Å². The molecule has 184 valence electrons. The number of aromatic nitrogens is 2. The van der Waals surface area contributed by atoms with E-state index in [-0.39, 0.29) is 22.9 Å². The van der Waals surface area contributed by atoms with Gasteiger partial charge in [0, 0.05) is 34.1 Å². The zero-order chi connectivity index (χ0) is 25.4. The molecular formula is C24H14ClF4N3O4. The largest absolute Gasteiger partial charge is 0.586 e. The molecule has 12 heteroatoms. The highest BCUT2D eigenvalue weighted by Crippen LogP contribution is 2.42. The summed E-state index contributed by atoms with van der Waals surface area (Å²) in [5.74, 6) is -0.428. The summed E-state index contributed by atoms with van der Waals surface area (Å²) in [6.45, 7) is -2.97. The number of hydrogen-bond acceptors (Lipinski definition) is 5. The van der Waals surface area contributed by atoms with Crippen molar-refractivity contribution in [2.45, 2.75) is 12.9 Å². The molecule has 0 saturated carbocycles. The topological polar surface area (TPSA) is 74.6 Å². The van der Waals surface area contributed by atoms with Crippen molar-refractivity contribution in [3.63, 3.8) is 0 Å². The number of amides is 1. The number of hydrogen-bond donors (Lipinski definition) is 1. The van der Waals surface area contributed by atoms with Crippen LogP contribution in [-0.4, -0.2) is 28.7 Å². The molecule has 0 aliphatic carbocycles. The van der Waals surface area contributed by atoms with Crippen molar-refractivity contribution in [1.29, 1.82) is 0 Å². The molecule has 7 nitrogen and oxygen atoms in total. The molecule has 1 aliphatic rings. The average Bonchev–Trinajstić information content (AvgIpc) is 3.39. The van der Waals surface area contributed by atoms with Crippen molar-refractivity contribution in [3.05, 3.63) is 77.9 Å². The van der Waals surface area contributed by atoms with Crippen molar-refractivity contribution < 1.29 is 36.6 Å². The Labute approximate surface area is 205 Å². The van der Waals surface area contributed by atoms with E-state index in [0.717, 1.165) is 4.68 Å². The first-order chi connectivity index (χ1) is 17.2. The Morgan fingerprint density at radius 2 is 1.64 bits per heavy atom. The third kappa shape index (κ3) is 4.91. The molecular weight excluding hydrogens is 506 g/mol. The highest BCUT2D eigenvalue weighted by atomic mass is 35.5. The van der Waals surface area contributed by atoms with E-state index < -0.39 is 18.9 Å². The molecule has 1 amide bonds. The normalized spacial score (nSPS) is 13.6. The lowest BCUT2D eigenvalue weighted by molar-refractivity contribution is -0.286. The van der Waals surface area contributed by atoms with E-state index in [9.17, 15) is 22.4 Å². The van der Waals surface area contributed by atoms with Crippen LogP contribution in [0.2, 0.25) is 5.02 Å². The van der Waals surface area contributed by atoms with Gasteiger partial charge in [-0.2, -0.15) is 18.6 Å². The summed E-state index contributed by atoms with van der Waals surface area (Å²) in [6, 6.07) is 15.7. The van der Waals surface area contributed by atoms with Gasteiger partial charge in [-0.1, -0.05) is 23.7 Å². The maximum atomic E-state index is 13.3. The SMILES string of the molecule is O=C(Nc1ccc2c(c1)OC(F)(F)O2)n1cc(-c2ccc(Cl)cc2)c(-c2ccc(OC(F)F)cc2)n1. The van der Waals surface area contributed by atoms with E-state index in [1.807, 2.05) is 0 Å². The Hall–Kier alpha value is -4.25. The van der Waals surface area contributed by atoms with Crippen molar-refractivity contribution >= 4 is 23.3 Å². The van der Waals surface area contributed by atoms with Crippen molar-refractivity contribution in [3.8, 4) is 39.6 Å². The zero-order valence-corrected chi connectivity index (χ0v) is 18.7. The molecule has 0 saturated heterocycles. The molecule has 0 fully saturated rings. The number of carbonyl (C=O) groups excluding carboxylic acids is 1. The maximum Gasteiger partial charge on any atom is 0.586 e. The lowest BCUT2D eigenvalue weighted by Crippen LogP contribution is -2.25. The molecule has 0 radical (unpaired) electrons. The number of fused-ring (bicyclic) bond motifs is 1. The minimum absolute atomic E-state index is 0.0349. The minimum atomic E-state index is -3.79. The Bertz CT molecular complexity index is 1430. The first-order valence-electron chi connectivity index (χ1n) is 10.3. The standard InChI is InChI=1S/C24H14ClF4N3O4/c25-15-5-1-13(2-6-15)18-12-32(31-21(18)14-3-8-17(9-4-14)34-22(26)27)23(33)30-16-7-10-19-20(11-16)36-24(28,29)35-19/h1-12,22H,(H,30,33). The second-order valence-corrected chi connectivity index (χ2v) is 7.94. The summed E-state index contributed by atoms with van der Waals surface area (Å²) in [5.41, 5.74) is 2.31. The predicted molar refractivity (Wildman–Crippen MR) is 122 cm³/mol. The fourth-order valence-corrected chi connectivity index (χ4v) is 3.66. The van der Waals surface area contributed by atoms with E-state index in [4.69, 9.17) is 11.6 Å². The molecule has 36 heavy (non-hydrogen) atoms. The third-order valence-electron chi connectivity index (χ3n) is 5.08. The zero-order valence-electron chi connectivity index (χ0n) is 17.9. The van der Waals surface area contributed by atoms with Crippen LogP contribution in [0.25, 0.3) is 22.4 Å². The smallest absolute Gasteiger partial charge is 0.435 e. The molecule has 0 unspecified atom stereocenters. The first-order valence-corrected chi connectivity index (χ1v) is 10.7. The van der Waals surface area contributed by atoms with Crippen molar-refractivity contribution in [1.82, 2.24) is 9.78 Å².